The molecular formula is C10H11F2NO. The Labute approximate surface area is 80.7 Å². The summed E-state index contributed by atoms with van der Waals surface area (Å²) in [6.07, 6.45) is -3.71. The van der Waals surface area contributed by atoms with Gasteiger partial charge in [-0.2, -0.15) is 0 Å². The minimum atomic E-state index is -2.53. The molecule has 1 aromatic carbocycles. The Hall–Kier alpha value is -1.00. The lowest BCUT2D eigenvalue weighted by atomic mass is 9.95. The van der Waals surface area contributed by atoms with Gasteiger partial charge in [0.1, 0.15) is 6.10 Å². The summed E-state index contributed by atoms with van der Waals surface area (Å²) in [6.45, 7) is 0.221. The molecule has 0 aliphatic carbocycles. The minimum Gasteiger partial charge on any atom is -0.366 e. The molecule has 2 N–H and O–H groups in total. The molecule has 0 unspecified atom stereocenters. The van der Waals surface area contributed by atoms with Crippen LogP contribution in [0.1, 0.15) is 17.2 Å². The number of ether oxygens (including phenoxy) is 1. The van der Waals surface area contributed by atoms with Gasteiger partial charge in [0, 0.05) is 0 Å². The van der Waals surface area contributed by atoms with Crippen molar-refractivity contribution in [2.45, 2.75) is 25.2 Å². The van der Waals surface area contributed by atoms with E-state index >= 15 is 0 Å². The van der Waals surface area contributed by atoms with E-state index in [0.29, 0.717) is 0 Å². The molecule has 1 aliphatic rings. The van der Waals surface area contributed by atoms with Gasteiger partial charge < -0.3 is 10.5 Å². The molecule has 1 aliphatic heterocycles. The standard InChI is InChI=1S/C10H11F2NO/c11-10(12)9-8(13)7-4-2-1-3-6(7)5-14-9/h1-4,8-10H,5,13H2/t8-,9+/m0/s1. The fraction of sp³-hybridized carbons (Fsp3) is 0.400. The molecule has 0 spiro atoms. The second-order valence-corrected chi connectivity index (χ2v) is 3.33. The smallest absolute Gasteiger partial charge is 0.266 e. The molecule has 0 amide bonds. The number of hydrogen-bond donors (Lipinski definition) is 1. The summed E-state index contributed by atoms with van der Waals surface area (Å²) in [7, 11) is 0. The lowest BCUT2D eigenvalue weighted by Gasteiger charge is -2.30. The summed E-state index contributed by atoms with van der Waals surface area (Å²) in [5, 5.41) is 0. The monoisotopic (exact) mass is 199 g/mol. The first kappa shape index (κ1) is 9.55. The molecule has 0 aromatic heterocycles. The number of hydrogen-bond acceptors (Lipinski definition) is 2. The van der Waals surface area contributed by atoms with Gasteiger partial charge in [0.25, 0.3) is 6.43 Å². The van der Waals surface area contributed by atoms with Crippen molar-refractivity contribution in [1.29, 1.82) is 0 Å². The highest BCUT2D eigenvalue weighted by Crippen LogP contribution is 2.30. The molecule has 0 radical (unpaired) electrons. The molecule has 4 heteroatoms. The highest BCUT2D eigenvalue weighted by atomic mass is 19.3. The Balaban J connectivity index is 2.31. The van der Waals surface area contributed by atoms with Crippen LogP contribution in [0.5, 0.6) is 0 Å². The van der Waals surface area contributed by atoms with Crippen molar-refractivity contribution in [3.8, 4) is 0 Å². The summed E-state index contributed by atoms with van der Waals surface area (Å²) in [5.41, 5.74) is 7.35. The fourth-order valence-electron chi connectivity index (χ4n) is 1.69. The molecule has 0 saturated carbocycles. The lowest BCUT2D eigenvalue weighted by molar-refractivity contribution is -0.0850. The minimum absolute atomic E-state index is 0.221. The van der Waals surface area contributed by atoms with Crippen LogP contribution in [0.4, 0.5) is 8.78 Å². The van der Waals surface area contributed by atoms with Crippen molar-refractivity contribution in [2.24, 2.45) is 5.73 Å². The van der Waals surface area contributed by atoms with Crippen LogP contribution in [0.15, 0.2) is 24.3 Å². The number of rotatable bonds is 1. The maximum Gasteiger partial charge on any atom is 0.266 e. The number of alkyl halides is 2. The summed E-state index contributed by atoms with van der Waals surface area (Å²) in [6, 6.07) is 6.54. The Morgan fingerprint density at radius 3 is 2.79 bits per heavy atom. The molecule has 14 heavy (non-hydrogen) atoms. The third-order valence-electron chi connectivity index (χ3n) is 2.45. The van der Waals surface area contributed by atoms with E-state index in [9.17, 15) is 8.78 Å². The molecule has 0 bridgehead atoms. The van der Waals surface area contributed by atoms with Crippen LogP contribution in [-0.2, 0) is 11.3 Å². The average molecular weight is 199 g/mol. The fourth-order valence-corrected chi connectivity index (χ4v) is 1.69. The third kappa shape index (κ3) is 1.51. The molecule has 76 valence electrons. The van der Waals surface area contributed by atoms with E-state index in [1.165, 1.54) is 0 Å². The summed E-state index contributed by atoms with van der Waals surface area (Å²) < 4.78 is 29.9. The van der Waals surface area contributed by atoms with Crippen LogP contribution < -0.4 is 5.73 Å². The van der Waals surface area contributed by atoms with Crippen LogP contribution >= 0.6 is 0 Å². The van der Waals surface area contributed by atoms with Gasteiger partial charge >= 0.3 is 0 Å². The second kappa shape index (κ2) is 3.63. The van der Waals surface area contributed by atoms with Crippen molar-refractivity contribution >= 4 is 0 Å². The molecule has 0 saturated heterocycles. The first-order chi connectivity index (χ1) is 6.70. The Morgan fingerprint density at radius 2 is 2.07 bits per heavy atom. The Morgan fingerprint density at radius 1 is 1.36 bits per heavy atom. The maximum absolute atomic E-state index is 12.5. The van der Waals surface area contributed by atoms with Crippen molar-refractivity contribution in [3.63, 3.8) is 0 Å². The summed E-state index contributed by atoms with van der Waals surface area (Å²) >= 11 is 0. The van der Waals surface area contributed by atoms with Crippen molar-refractivity contribution in [3.05, 3.63) is 35.4 Å². The van der Waals surface area contributed by atoms with E-state index in [-0.39, 0.29) is 6.61 Å². The predicted molar refractivity (Wildman–Crippen MR) is 48.0 cm³/mol. The largest absolute Gasteiger partial charge is 0.366 e. The van der Waals surface area contributed by atoms with E-state index in [2.05, 4.69) is 0 Å². The van der Waals surface area contributed by atoms with Gasteiger partial charge in [0.05, 0.1) is 12.6 Å². The Bertz CT molecular complexity index is 330. The molecule has 1 aromatic rings. The van der Waals surface area contributed by atoms with Crippen molar-refractivity contribution in [2.75, 3.05) is 0 Å². The molecule has 2 atom stereocenters. The molecule has 2 rings (SSSR count). The van der Waals surface area contributed by atoms with Gasteiger partial charge in [-0.15, -0.1) is 0 Å². The van der Waals surface area contributed by atoms with E-state index in [1.807, 2.05) is 12.1 Å². The van der Waals surface area contributed by atoms with Gasteiger partial charge in [-0.05, 0) is 11.1 Å². The highest BCUT2D eigenvalue weighted by molar-refractivity contribution is 5.31. The zero-order valence-corrected chi connectivity index (χ0v) is 7.49. The van der Waals surface area contributed by atoms with Gasteiger partial charge in [-0.3, -0.25) is 0 Å². The van der Waals surface area contributed by atoms with E-state index in [4.69, 9.17) is 10.5 Å². The molecule has 1 heterocycles. The highest BCUT2D eigenvalue weighted by Gasteiger charge is 2.33. The topological polar surface area (TPSA) is 35.2 Å². The van der Waals surface area contributed by atoms with Gasteiger partial charge in [-0.25, -0.2) is 8.78 Å². The molecule has 2 nitrogen and oxygen atoms in total. The summed E-state index contributed by atoms with van der Waals surface area (Å²) in [4.78, 5) is 0. The van der Waals surface area contributed by atoms with Gasteiger partial charge in [0.2, 0.25) is 0 Å². The number of fused-ring (bicyclic) bond motifs is 1. The quantitative estimate of drug-likeness (QED) is 0.749. The number of nitrogens with two attached hydrogens (primary N) is 1. The summed E-state index contributed by atoms with van der Waals surface area (Å²) in [5.74, 6) is 0. The first-order valence-corrected chi connectivity index (χ1v) is 4.43. The first-order valence-electron chi connectivity index (χ1n) is 4.43. The number of halogens is 2. The van der Waals surface area contributed by atoms with E-state index in [1.54, 1.807) is 12.1 Å². The van der Waals surface area contributed by atoms with E-state index < -0.39 is 18.6 Å². The average Bonchev–Trinajstić information content (AvgIpc) is 2.18. The van der Waals surface area contributed by atoms with Gasteiger partial charge in [-0.1, -0.05) is 24.3 Å². The Kier molecular flexibility index (Phi) is 2.48. The van der Waals surface area contributed by atoms with Crippen LogP contribution in [-0.4, -0.2) is 12.5 Å². The lowest BCUT2D eigenvalue weighted by Crippen LogP contribution is -2.38. The predicted octanol–water partition coefficient (Wildman–Crippen LogP) is 1.85. The van der Waals surface area contributed by atoms with Crippen LogP contribution in [0, 0.1) is 0 Å². The number of benzene rings is 1. The normalized spacial score (nSPS) is 26.3. The van der Waals surface area contributed by atoms with Crippen LogP contribution in [0.3, 0.4) is 0 Å². The van der Waals surface area contributed by atoms with Crippen molar-refractivity contribution < 1.29 is 13.5 Å². The SMILES string of the molecule is N[C@H]1c2ccccc2CO[C@H]1C(F)F. The van der Waals surface area contributed by atoms with Gasteiger partial charge in [0.15, 0.2) is 0 Å². The second-order valence-electron chi connectivity index (χ2n) is 3.33. The van der Waals surface area contributed by atoms with Crippen LogP contribution in [0.25, 0.3) is 0 Å². The van der Waals surface area contributed by atoms with Crippen LogP contribution in [0.2, 0.25) is 0 Å². The zero-order chi connectivity index (χ0) is 10.1. The van der Waals surface area contributed by atoms with Crippen molar-refractivity contribution in [1.82, 2.24) is 0 Å². The third-order valence-corrected chi connectivity index (χ3v) is 2.45. The molecule has 0 fully saturated rings. The maximum atomic E-state index is 12.5. The van der Waals surface area contributed by atoms with E-state index in [0.717, 1.165) is 11.1 Å². The molecular weight excluding hydrogens is 188 g/mol. The zero-order valence-electron chi connectivity index (χ0n) is 7.49.